The fraction of sp³-hybridized carbons (Fsp3) is 0.452. The first-order valence-electron chi connectivity index (χ1n) is 27.6. The highest BCUT2D eigenvalue weighted by Gasteiger charge is 2.47. The molecule has 0 bridgehead atoms. The van der Waals surface area contributed by atoms with Gasteiger partial charge in [0.25, 0.3) is 5.91 Å². The fourth-order valence-corrected chi connectivity index (χ4v) is 10.7. The summed E-state index contributed by atoms with van der Waals surface area (Å²) in [6.07, 6.45) is 2.01. The van der Waals surface area contributed by atoms with Gasteiger partial charge in [-0.15, -0.1) is 0 Å². The number of likely N-dealkylation sites (N-methyl/N-ethyl adjacent to an activating group) is 2. The summed E-state index contributed by atoms with van der Waals surface area (Å²) in [6.45, 7) is 16.1. The quantitative estimate of drug-likeness (QED) is 0.0203. The topological polar surface area (TPSA) is 260 Å². The average molecular weight is 1140 g/mol. The number of hydrogen-bond donors (Lipinski definition) is 7. The number of ether oxygens (including phenoxy) is 2. The average Bonchev–Trinajstić information content (AvgIpc) is 4.29. The first kappa shape index (κ1) is 63.3. The van der Waals surface area contributed by atoms with Gasteiger partial charge in [-0.25, -0.2) is 14.4 Å². The highest BCUT2D eigenvalue weighted by Crippen LogP contribution is 2.46. The number of amides is 9. The minimum Gasteiger partial charge on any atom is -0.449 e. The fourth-order valence-electron chi connectivity index (χ4n) is 9.95. The summed E-state index contributed by atoms with van der Waals surface area (Å²) in [5.74, 6) is -2.02. The molecular weight excluding hydrogens is 1060 g/mol. The van der Waals surface area contributed by atoms with Gasteiger partial charge in [0, 0.05) is 49.8 Å². The standard InChI is InChI=1S/C62H81N9O10S/c1-39(31-35-70(10)55(76)50(59(2,3)4)67-54(75)51(71(11)58(79)81-60(5,6)7)61(8,9)41-20-13-12-14-21-41)52(73)69-82-38-40-27-29-42(30-28-40)62(32-33-62)68-53(74)48(26-19-34-64-56(63)77)66-49(72)36-65-57(78)80-37-47-45-24-17-15-22-43(45)44-23-16-18-25-46(44)47/h12-18,20-25,27-31,47-48,50-51H,19,26,32-38H2,1-11H3,(H,65,78)(H,66,72)(H,67,75)(H,68,74)(H,69,73)(H3,63,64,77)/b39-31+. The zero-order valence-corrected chi connectivity index (χ0v) is 49.8. The van der Waals surface area contributed by atoms with E-state index in [1.54, 1.807) is 40.8 Å². The molecule has 0 saturated heterocycles. The second kappa shape index (κ2) is 27.3. The Balaban J connectivity index is 0.989. The molecule has 2 aliphatic rings. The van der Waals surface area contributed by atoms with Crippen LogP contribution in [-0.4, -0.2) is 122 Å². The Morgan fingerprint density at radius 1 is 0.768 bits per heavy atom. The number of fused-ring (bicyclic) bond motifs is 3. The number of nitrogens with one attached hydrogen (secondary N) is 6. The molecule has 0 aromatic heterocycles. The van der Waals surface area contributed by atoms with E-state index in [0.717, 1.165) is 38.9 Å². The van der Waals surface area contributed by atoms with Crippen molar-refractivity contribution < 1.29 is 47.8 Å². The van der Waals surface area contributed by atoms with Crippen LogP contribution in [0.5, 0.6) is 0 Å². The number of benzene rings is 4. The number of nitrogens with zero attached hydrogens (tertiary/aromatic N) is 2. The van der Waals surface area contributed by atoms with Gasteiger partial charge >= 0.3 is 18.2 Å². The molecule has 3 atom stereocenters. The highest BCUT2D eigenvalue weighted by atomic mass is 32.2. The number of nitrogens with two attached hydrogens (primary N) is 1. The Labute approximate surface area is 486 Å². The van der Waals surface area contributed by atoms with E-state index in [1.165, 1.54) is 28.8 Å². The summed E-state index contributed by atoms with van der Waals surface area (Å²) in [7, 11) is 3.12. The summed E-state index contributed by atoms with van der Waals surface area (Å²) in [4.78, 5) is 109. The van der Waals surface area contributed by atoms with E-state index in [9.17, 15) is 38.4 Å². The van der Waals surface area contributed by atoms with Crippen molar-refractivity contribution in [2.45, 2.75) is 134 Å². The number of rotatable bonds is 24. The van der Waals surface area contributed by atoms with Crippen molar-refractivity contribution in [3.05, 3.63) is 143 Å². The lowest BCUT2D eigenvalue weighted by Crippen LogP contribution is -2.62. The van der Waals surface area contributed by atoms with Crippen LogP contribution < -0.4 is 37.0 Å². The van der Waals surface area contributed by atoms with Gasteiger partial charge in [-0.3, -0.25) is 33.6 Å². The van der Waals surface area contributed by atoms with E-state index in [4.69, 9.17) is 15.2 Å². The minimum absolute atomic E-state index is 0.0716. The minimum atomic E-state index is -1.07. The van der Waals surface area contributed by atoms with Gasteiger partial charge in [-0.1, -0.05) is 144 Å². The predicted molar refractivity (Wildman–Crippen MR) is 317 cm³/mol. The molecule has 82 heavy (non-hydrogen) atoms. The van der Waals surface area contributed by atoms with Crippen LogP contribution in [0, 0.1) is 5.41 Å². The first-order valence-corrected chi connectivity index (χ1v) is 28.6. The Kier molecular flexibility index (Phi) is 21.1. The summed E-state index contributed by atoms with van der Waals surface area (Å²) >= 11 is 1.19. The number of carbonyl (C=O) groups is 8. The molecule has 4 aromatic rings. The van der Waals surface area contributed by atoms with E-state index in [0.29, 0.717) is 30.6 Å². The van der Waals surface area contributed by atoms with Crippen LogP contribution in [0.15, 0.2) is 115 Å². The van der Waals surface area contributed by atoms with E-state index >= 15 is 0 Å². The maximum atomic E-state index is 14.5. The number of carbonyl (C=O) groups excluding carboxylic acids is 8. The normalized spacial score (nSPS) is 14.7. The number of urea groups is 1. The zero-order valence-electron chi connectivity index (χ0n) is 49.0. The largest absolute Gasteiger partial charge is 0.449 e. The Hall–Kier alpha value is -7.87. The SMILES string of the molecule is C/C(=C\CN(C)C(=O)C(NC(=O)C(N(C)C(=O)OC(C)(C)C)C(C)(C)c1ccccc1)C(C)(C)C)C(=O)NSCc1ccc(C2(NC(=O)C(CCCNC(N)=O)NC(=O)CNC(=O)OCC3c4ccccc4-c4ccccc43)CC2)cc1. The number of hydrogen-bond acceptors (Lipinski definition) is 11. The van der Waals surface area contributed by atoms with Crippen molar-refractivity contribution >= 4 is 59.7 Å². The van der Waals surface area contributed by atoms with Crippen LogP contribution in [0.4, 0.5) is 14.4 Å². The molecule has 0 aliphatic heterocycles. The molecule has 20 heteroatoms. The molecule has 1 saturated carbocycles. The van der Waals surface area contributed by atoms with Crippen LogP contribution in [0.1, 0.15) is 122 Å². The molecule has 0 heterocycles. The lowest BCUT2D eigenvalue weighted by Gasteiger charge is -2.42. The molecule has 2 aliphatic carbocycles. The van der Waals surface area contributed by atoms with Crippen molar-refractivity contribution in [2.75, 3.05) is 40.3 Å². The molecule has 19 nitrogen and oxygen atoms in total. The smallest absolute Gasteiger partial charge is 0.410 e. The van der Waals surface area contributed by atoms with E-state index in [2.05, 4.69) is 31.3 Å². The van der Waals surface area contributed by atoms with Crippen molar-refractivity contribution in [3.63, 3.8) is 0 Å². The maximum Gasteiger partial charge on any atom is 0.410 e. The number of alkyl carbamates (subject to hydrolysis) is 1. The van der Waals surface area contributed by atoms with Gasteiger partial charge in [-0.05, 0) is 110 Å². The third-order valence-corrected chi connectivity index (χ3v) is 15.5. The molecule has 0 spiro atoms. The van der Waals surface area contributed by atoms with Crippen LogP contribution in [0.3, 0.4) is 0 Å². The molecule has 8 N–H and O–H groups in total. The molecule has 440 valence electrons. The van der Waals surface area contributed by atoms with Crippen LogP contribution in [0.25, 0.3) is 11.1 Å². The van der Waals surface area contributed by atoms with Gasteiger partial charge in [0.1, 0.15) is 36.9 Å². The third kappa shape index (κ3) is 16.9. The van der Waals surface area contributed by atoms with Crippen LogP contribution >= 0.6 is 11.9 Å². The zero-order chi connectivity index (χ0) is 60.2. The lowest BCUT2D eigenvalue weighted by molar-refractivity contribution is -0.140. The molecule has 4 aromatic carbocycles. The van der Waals surface area contributed by atoms with Gasteiger partial charge in [-0.2, -0.15) is 0 Å². The van der Waals surface area contributed by atoms with Crippen molar-refractivity contribution in [1.29, 1.82) is 0 Å². The Morgan fingerprint density at radius 2 is 1.37 bits per heavy atom. The molecule has 0 radical (unpaired) electrons. The van der Waals surface area contributed by atoms with Gasteiger partial charge in [0.15, 0.2) is 0 Å². The molecular formula is C62H81N9O10S. The number of primary amides is 1. The highest BCUT2D eigenvalue weighted by molar-refractivity contribution is 7.97. The Morgan fingerprint density at radius 3 is 1.94 bits per heavy atom. The second-order valence-electron chi connectivity index (χ2n) is 23.7. The lowest BCUT2D eigenvalue weighted by atomic mass is 9.76. The summed E-state index contributed by atoms with van der Waals surface area (Å²) in [5, 5.41) is 13.9. The molecule has 6 rings (SSSR count). The van der Waals surface area contributed by atoms with Crippen LogP contribution in [0.2, 0.25) is 0 Å². The van der Waals surface area contributed by atoms with Crippen molar-refractivity contribution in [3.8, 4) is 11.1 Å². The predicted octanol–water partition coefficient (Wildman–Crippen LogP) is 7.68. The maximum absolute atomic E-state index is 14.5. The van der Waals surface area contributed by atoms with E-state index in [1.807, 2.05) is 138 Å². The molecule has 9 amide bonds. The second-order valence-corrected chi connectivity index (χ2v) is 24.5. The summed E-state index contributed by atoms with van der Waals surface area (Å²) in [6, 6.07) is 29.2. The monoisotopic (exact) mass is 1140 g/mol. The van der Waals surface area contributed by atoms with Crippen molar-refractivity contribution in [2.24, 2.45) is 11.1 Å². The van der Waals surface area contributed by atoms with Gasteiger partial charge in [0.05, 0.1) is 5.54 Å². The first-order chi connectivity index (χ1) is 38.6. The third-order valence-electron chi connectivity index (χ3n) is 14.7. The van der Waals surface area contributed by atoms with Crippen molar-refractivity contribution in [1.82, 2.24) is 41.1 Å². The summed E-state index contributed by atoms with van der Waals surface area (Å²) in [5.41, 5.74) is 9.34. The van der Waals surface area contributed by atoms with Crippen LogP contribution in [-0.2, 0) is 50.2 Å². The van der Waals surface area contributed by atoms with Gasteiger partial charge < -0.3 is 46.7 Å². The summed E-state index contributed by atoms with van der Waals surface area (Å²) < 4.78 is 14.1. The molecule has 3 unspecified atom stereocenters. The van der Waals surface area contributed by atoms with E-state index < -0.39 is 82.6 Å². The Bertz CT molecular complexity index is 2940. The van der Waals surface area contributed by atoms with E-state index in [-0.39, 0.29) is 43.8 Å². The van der Waals surface area contributed by atoms with Gasteiger partial charge in [0.2, 0.25) is 23.6 Å². The molecule has 1 fully saturated rings.